The van der Waals surface area contributed by atoms with Crippen LogP contribution in [0.5, 0.6) is 0 Å². The van der Waals surface area contributed by atoms with Gasteiger partial charge in [0.15, 0.2) is 18.7 Å². The summed E-state index contributed by atoms with van der Waals surface area (Å²) in [6, 6.07) is 8.89. The number of carbonyl (C=O) groups excluding carboxylic acids is 1. The number of benzene rings is 1. The highest BCUT2D eigenvalue weighted by molar-refractivity contribution is 5.89. The summed E-state index contributed by atoms with van der Waals surface area (Å²) in [4.78, 5) is 25.8. The molecule has 16 heteroatoms. The third-order valence-electron chi connectivity index (χ3n) is 18.7. The van der Waals surface area contributed by atoms with Crippen LogP contribution < -0.4 is 0 Å². The first-order valence-electron chi connectivity index (χ1n) is 23.5. The van der Waals surface area contributed by atoms with Gasteiger partial charge in [0, 0.05) is 10.8 Å². The Hall–Kier alpha value is -2.58. The molecule has 0 spiro atoms. The Kier molecular flexibility index (Phi) is 12.9. The van der Waals surface area contributed by atoms with Crippen LogP contribution in [0.3, 0.4) is 0 Å². The smallest absolute Gasteiger partial charge is 0.338 e. The molecule has 6 fully saturated rings. The van der Waals surface area contributed by atoms with Crippen molar-refractivity contribution in [3.05, 3.63) is 47.5 Å². The number of allylic oxidation sites excluding steroid dienone is 2. The summed E-state index contributed by atoms with van der Waals surface area (Å²) in [6.07, 6.45) is -11.8. The Morgan fingerprint density at radius 1 is 0.738 bits per heavy atom. The number of hydrogen-bond acceptors (Lipinski definition) is 15. The molecule has 0 amide bonds. The van der Waals surface area contributed by atoms with Gasteiger partial charge in [-0.05, 0) is 103 Å². The number of carboxylic acid groups (broad SMARTS) is 1. The lowest BCUT2D eigenvalue weighted by Gasteiger charge is -2.72. The van der Waals surface area contributed by atoms with Gasteiger partial charge in [-0.1, -0.05) is 78.3 Å². The fraction of sp³-hybridized carbons (Fsp3) is 0.796. The summed E-state index contributed by atoms with van der Waals surface area (Å²) in [7, 11) is 0. The summed E-state index contributed by atoms with van der Waals surface area (Å²) in [6.45, 7) is 14.6. The van der Waals surface area contributed by atoms with Crippen LogP contribution in [-0.2, 0) is 28.5 Å². The summed E-state index contributed by atoms with van der Waals surface area (Å²) in [5.74, 6) is -1.79. The number of esters is 1. The molecule has 1 aromatic rings. The quantitative estimate of drug-likeness (QED) is 0.0980. The fourth-order valence-corrected chi connectivity index (χ4v) is 14.7. The molecule has 1 aromatic carbocycles. The van der Waals surface area contributed by atoms with E-state index in [1.165, 1.54) is 5.57 Å². The molecule has 0 radical (unpaired) electrons. The molecule has 0 bridgehead atoms. The number of aliphatic carboxylic acids is 1. The third-order valence-corrected chi connectivity index (χ3v) is 18.7. The van der Waals surface area contributed by atoms with Crippen molar-refractivity contribution in [2.45, 2.75) is 180 Å². The minimum absolute atomic E-state index is 0.104. The van der Waals surface area contributed by atoms with E-state index >= 15 is 0 Å². The van der Waals surface area contributed by atoms with Gasteiger partial charge in [-0.3, -0.25) is 0 Å². The Morgan fingerprint density at radius 3 is 2.06 bits per heavy atom. The van der Waals surface area contributed by atoms with Crippen LogP contribution in [0.15, 0.2) is 42.0 Å². The van der Waals surface area contributed by atoms with Gasteiger partial charge in [0.2, 0.25) is 0 Å². The number of rotatable bonds is 9. The summed E-state index contributed by atoms with van der Waals surface area (Å²) in [5.41, 5.74) is -0.973. The van der Waals surface area contributed by atoms with Gasteiger partial charge in [-0.25, -0.2) is 9.59 Å². The number of hydrogen-bond donors (Lipinski definition) is 9. The Morgan fingerprint density at radius 2 is 1.42 bits per heavy atom. The number of aliphatic hydroxyl groups excluding tert-OH is 8. The molecule has 7 aliphatic rings. The standard InChI is InChI=1S/C49H72O16/c1-44(2)19-26-25-13-14-29-46(5)17-16-31(63-43-37(57)38(36(56)39(65-43)40(58)59)64-42-35(55)34(54)33(53)27(22-50)61-42)45(3,4)28(46)15-18-47(29,6)48(25,7)20-30(52)49(26,23-51)21-32(44)62-41(60)24-11-9-8-10-12-24/h8-13,26-39,42-43,50-57H,14-23H2,1-7H3,(H,58,59)/t26-,27-,28+,29+,30-,31-,32-,33-,34+,35-,36+,37-,38+,39+,42+,43-,46-,47+,48+,49+/m0/s1. The zero-order valence-electron chi connectivity index (χ0n) is 38.7. The van der Waals surface area contributed by atoms with E-state index in [9.17, 15) is 55.5 Å². The zero-order valence-corrected chi connectivity index (χ0v) is 38.7. The second kappa shape index (κ2) is 17.1. The van der Waals surface area contributed by atoms with E-state index < -0.39 is 120 Å². The molecular weight excluding hydrogens is 845 g/mol. The molecule has 8 rings (SSSR count). The largest absolute Gasteiger partial charge is 0.479 e. The number of aliphatic hydroxyl groups is 8. The molecule has 2 heterocycles. The van der Waals surface area contributed by atoms with Gasteiger partial charge >= 0.3 is 11.9 Å². The highest BCUT2D eigenvalue weighted by atomic mass is 16.7. The molecule has 0 unspecified atom stereocenters. The highest BCUT2D eigenvalue weighted by Crippen LogP contribution is 2.76. The molecule has 16 nitrogen and oxygen atoms in total. The maximum absolute atomic E-state index is 13.4. The first-order valence-corrected chi connectivity index (χ1v) is 23.5. The van der Waals surface area contributed by atoms with Crippen molar-refractivity contribution in [2.75, 3.05) is 13.2 Å². The van der Waals surface area contributed by atoms with Crippen LogP contribution in [0.25, 0.3) is 0 Å². The molecule has 364 valence electrons. The number of carbonyl (C=O) groups is 2. The van der Waals surface area contributed by atoms with Crippen molar-refractivity contribution < 1.29 is 79.2 Å². The second-order valence-corrected chi connectivity index (χ2v) is 22.6. The SMILES string of the molecule is CC1(C)C[C@H]2C3=CC[C@@H]4[C@@]5(C)CC[C@H](O[C@H]6O[C@@H](C(=O)O)[C@H](O)[C@@H](O[C@H]7O[C@@H](CO)[C@H](O)[C@@H](O)[C@@H]7O)[C@@H]6O)C(C)(C)[C@H]5CC[C@@]4(C)[C@]3(C)C[C@H](O)[C@@]2(CO)C[C@@H]1OC(=O)c1ccccc1. The van der Waals surface area contributed by atoms with Crippen molar-refractivity contribution in [1.29, 1.82) is 0 Å². The first kappa shape index (κ1) is 48.9. The van der Waals surface area contributed by atoms with E-state index in [1.807, 2.05) is 6.07 Å². The normalized spacial score (nSPS) is 48.9. The topological polar surface area (TPSA) is 262 Å². The first-order chi connectivity index (χ1) is 30.4. The molecule has 0 aromatic heterocycles. The highest BCUT2D eigenvalue weighted by Gasteiger charge is 2.71. The van der Waals surface area contributed by atoms with E-state index in [0.717, 1.165) is 25.7 Å². The van der Waals surface area contributed by atoms with E-state index in [2.05, 4.69) is 54.5 Å². The lowest BCUT2D eigenvalue weighted by atomic mass is 9.33. The van der Waals surface area contributed by atoms with Crippen LogP contribution in [0.4, 0.5) is 0 Å². The van der Waals surface area contributed by atoms with Crippen molar-refractivity contribution in [3.8, 4) is 0 Å². The lowest BCUT2D eigenvalue weighted by Crippen LogP contribution is -2.68. The van der Waals surface area contributed by atoms with E-state index in [0.29, 0.717) is 31.2 Å². The molecule has 9 N–H and O–H groups in total. The molecule has 2 aliphatic heterocycles. The summed E-state index contributed by atoms with van der Waals surface area (Å²) < 4.78 is 29.8. The van der Waals surface area contributed by atoms with Crippen molar-refractivity contribution >= 4 is 11.9 Å². The second-order valence-electron chi connectivity index (χ2n) is 22.6. The van der Waals surface area contributed by atoms with E-state index in [1.54, 1.807) is 24.3 Å². The predicted molar refractivity (Wildman–Crippen MR) is 230 cm³/mol. The average Bonchev–Trinajstić information content (AvgIpc) is 3.25. The van der Waals surface area contributed by atoms with Crippen molar-refractivity contribution in [1.82, 2.24) is 0 Å². The van der Waals surface area contributed by atoms with Crippen LogP contribution in [0, 0.1) is 50.2 Å². The van der Waals surface area contributed by atoms with Crippen molar-refractivity contribution in [2.24, 2.45) is 50.2 Å². The number of ether oxygens (including phenoxy) is 5. The maximum atomic E-state index is 13.4. The number of fused-ring (bicyclic) bond motifs is 7. The van der Waals surface area contributed by atoms with Crippen LogP contribution >= 0.6 is 0 Å². The lowest BCUT2D eigenvalue weighted by molar-refractivity contribution is -0.365. The fourth-order valence-electron chi connectivity index (χ4n) is 14.7. The Bertz CT molecular complexity index is 1960. The van der Waals surface area contributed by atoms with Crippen molar-refractivity contribution in [3.63, 3.8) is 0 Å². The van der Waals surface area contributed by atoms with Gasteiger partial charge in [-0.2, -0.15) is 0 Å². The molecule has 4 saturated carbocycles. The van der Waals surface area contributed by atoms with Crippen LogP contribution in [0.2, 0.25) is 0 Å². The van der Waals surface area contributed by atoms with E-state index in [4.69, 9.17) is 23.7 Å². The molecule has 5 aliphatic carbocycles. The Labute approximate surface area is 380 Å². The zero-order chi connectivity index (χ0) is 47.4. The predicted octanol–water partition coefficient (Wildman–Crippen LogP) is 2.69. The minimum atomic E-state index is -1.96. The third kappa shape index (κ3) is 7.56. The van der Waals surface area contributed by atoms with Crippen LogP contribution in [0.1, 0.15) is 110 Å². The summed E-state index contributed by atoms with van der Waals surface area (Å²) in [5, 5.41) is 97.5. The average molecular weight is 917 g/mol. The number of carboxylic acids is 1. The summed E-state index contributed by atoms with van der Waals surface area (Å²) >= 11 is 0. The van der Waals surface area contributed by atoms with Gasteiger partial charge in [0.05, 0.1) is 31.0 Å². The Balaban J connectivity index is 1.03. The minimum Gasteiger partial charge on any atom is -0.479 e. The molecular formula is C49H72O16. The molecule has 2 saturated heterocycles. The van der Waals surface area contributed by atoms with Gasteiger partial charge in [-0.15, -0.1) is 0 Å². The monoisotopic (exact) mass is 916 g/mol. The van der Waals surface area contributed by atoms with Gasteiger partial charge < -0.3 is 69.6 Å². The van der Waals surface area contributed by atoms with Gasteiger partial charge in [0.25, 0.3) is 0 Å². The van der Waals surface area contributed by atoms with Gasteiger partial charge in [0.1, 0.15) is 48.8 Å². The molecule has 20 atom stereocenters. The van der Waals surface area contributed by atoms with Crippen LogP contribution in [-0.4, -0.2) is 151 Å². The maximum Gasteiger partial charge on any atom is 0.338 e. The van der Waals surface area contributed by atoms with E-state index in [-0.39, 0.29) is 35.2 Å². The molecule has 65 heavy (non-hydrogen) atoms.